The number of hydrogen-bond donors (Lipinski definition) is 6. The zero-order valence-corrected chi connectivity index (χ0v) is 18.2. The van der Waals surface area contributed by atoms with E-state index in [1.165, 1.54) is 22.6 Å². The van der Waals surface area contributed by atoms with Crippen LogP contribution < -0.4 is 15.9 Å². The number of aromatic amines is 1. The van der Waals surface area contributed by atoms with E-state index >= 15 is 0 Å². The fourth-order valence-electron chi connectivity index (χ4n) is 3.12. The predicted molar refractivity (Wildman–Crippen MR) is 102 cm³/mol. The Kier molecular flexibility index (Phi) is 6.49. The molecule has 168 valence electrons. The van der Waals surface area contributed by atoms with Gasteiger partial charge in [-0.25, -0.2) is 13.4 Å². The van der Waals surface area contributed by atoms with Gasteiger partial charge in [0.1, 0.15) is 18.3 Å². The van der Waals surface area contributed by atoms with E-state index in [0.29, 0.717) is 0 Å². The van der Waals surface area contributed by atoms with Gasteiger partial charge in [0.05, 0.1) is 13.7 Å². The van der Waals surface area contributed by atoms with Gasteiger partial charge < -0.3 is 39.5 Å². The molecule has 15 nitrogen and oxygen atoms in total. The second kappa shape index (κ2) is 8.33. The van der Waals surface area contributed by atoms with E-state index < -0.39 is 51.2 Å². The molecule has 2 aromatic heterocycles. The lowest BCUT2D eigenvalue weighted by molar-refractivity contribution is -0.746. The zero-order valence-electron chi connectivity index (χ0n) is 15.6. The van der Waals surface area contributed by atoms with Crippen molar-refractivity contribution < 1.29 is 47.2 Å². The summed E-state index contributed by atoms with van der Waals surface area (Å²) in [6, 6.07) is 0. The molecule has 0 amide bonds. The third-order valence-electron chi connectivity index (χ3n) is 4.26. The second-order valence-corrected chi connectivity index (χ2v) is 10.6. The minimum absolute atomic E-state index is 0.129. The number of phosphoric acid groups is 1. The van der Waals surface area contributed by atoms with Crippen molar-refractivity contribution in [1.29, 1.82) is 0 Å². The van der Waals surface area contributed by atoms with Crippen LogP contribution in [0.25, 0.3) is 11.2 Å². The number of methoxy groups -OCH3 is 1. The Labute approximate surface area is 173 Å². The Bertz CT molecular complexity index is 1100. The van der Waals surface area contributed by atoms with Crippen molar-refractivity contribution in [2.75, 3.05) is 19.5 Å². The molecule has 1 fully saturated rings. The monoisotopic (exact) mass is 488 g/mol. The van der Waals surface area contributed by atoms with E-state index in [9.17, 15) is 19.4 Å². The topological polar surface area (TPSA) is 215 Å². The van der Waals surface area contributed by atoms with Crippen molar-refractivity contribution in [3.05, 3.63) is 16.7 Å². The van der Waals surface area contributed by atoms with Crippen LogP contribution in [-0.4, -0.2) is 66.4 Å². The molecule has 1 aliphatic heterocycles. The van der Waals surface area contributed by atoms with Crippen molar-refractivity contribution in [2.45, 2.75) is 24.5 Å². The van der Waals surface area contributed by atoms with E-state index in [1.54, 1.807) is 7.05 Å². The molecule has 1 saturated heterocycles. The van der Waals surface area contributed by atoms with Crippen LogP contribution in [-0.2, 0) is 41.7 Å². The van der Waals surface area contributed by atoms with Gasteiger partial charge in [-0.3, -0.25) is 14.3 Å². The lowest BCUT2D eigenvalue weighted by Gasteiger charge is -2.19. The van der Waals surface area contributed by atoms with Gasteiger partial charge in [-0.15, -0.1) is 0 Å². The molecule has 7 N–H and O–H groups in total. The van der Waals surface area contributed by atoms with E-state index in [2.05, 4.69) is 26.1 Å². The second-order valence-electron chi connectivity index (χ2n) is 6.35. The molecule has 0 saturated carbocycles. The number of anilines is 1. The Balaban J connectivity index is 1.88. The van der Waals surface area contributed by atoms with Crippen molar-refractivity contribution in [1.82, 2.24) is 14.5 Å². The van der Waals surface area contributed by atoms with E-state index in [1.807, 2.05) is 0 Å². The van der Waals surface area contributed by atoms with Crippen LogP contribution in [0.5, 0.6) is 0 Å². The normalized spacial score (nSPS) is 26.9. The largest absolute Gasteiger partial charge is 0.476 e. The highest BCUT2D eigenvalue weighted by Gasteiger charge is 2.49. The number of H-pyrrole nitrogens is 1. The van der Waals surface area contributed by atoms with Crippen molar-refractivity contribution >= 4 is 43.5 Å². The summed E-state index contributed by atoms with van der Waals surface area (Å²) in [5.74, 6) is -0.129. The van der Waals surface area contributed by atoms with Crippen LogP contribution in [0.2, 0.25) is 0 Å². The molecule has 3 rings (SSSR count). The summed E-state index contributed by atoms with van der Waals surface area (Å²) < 4.78 is 33.8. The number of nitrogens with two attached hydrogens (primary N) is 1. The van der Waals surface area contributed by atoms with Gasteiger partial charge in [-0.2, -0.15) is 0 Å². The lowest BCUT2D eigenvalue weighted by Crippen LogP contribution is -2.47. The number of imidazole rings is 1. The maximum absolute atomic E-state index is 12.2. The number of aryl methyl sites for hydroxylation is 1. The van der Waals surface area contributed by atoms with E-state index in [4.69, 9.17) is 29.5 Å². The summed E-state index contributed by atoms with van der Waals surface area (Å²) in [5, 5.41) is 10.5. The average Bonchev–Trinajstić information content (AvgIpc) is 3.07. The molecule has 1 unspecified atom stereocenters. The summed E-state index contributed by atoms with van der Waals surface area (Å²) in [6.07, 6.45) is -2.89. The molecule has 2 aromatic rings. The quantitative estimate of drug-likeness (QED) is 0.180. The number of ether oxygens (including phenoxy) is 2. The van der Waals surface area contributed by atoms with Crippen molar-refractivity contribution in [3.63, 3.8) is 0 Å². The molecule has 18 heteroatoms. The Morgan fingerprint density at radius 3 is 2.73 bits per heavy atom. The fraction of sp³-hybridized carbons (Fsp3) is 0.583. The van der Waals surface area contributed by atoms with Crippen LogP contribution in [0, 0.1) is 0 Å². The van der Waals surface area contributed by atoms with Gasteiger partial charge in [0.2, 0.25) is 11.7 Å². The van der Waals surface area contributed by atoms with E-state index in [-0.39, 0.29) is 17.1 Å². The number of nitrogens with one attached hydrogen (secondary N) is 1. The zero-order chi connectivity index (χ0) is 22.4. The van der Waals surface area contributed by atoms with Gasteiger partial charge in [-0.1, -0.05) is 4.98 Å². The number of fused-ring (bicyclic) bond motifs is 1. The first-order valence-corrected chi connectivity index (χ1v) is 12.3. The number of hydrogen-bond acceptors (Lipinski definition) is 10. The highest BCUT2D eigenvalue weighted by molar-refractivity contribution is 8.08. The number of aliphatic hydroxyl groups is 1. The minimum Gasteiger partial charge on any atom is -0.387 e. The summed E-state index contributed by atoms with van der Waals surface area (Å²) in [6.45, 7) is -4.87. The van der Waals surface area contributed by atoms with Gasteiger partial charge in [0.15, 0.2) is 6.33 Å². The fourth-order valence-corrected chi connectivity index (χ4v) is 5.68. The third-order valence-corrected chi connectivity index (χ3v) is 7.33. The van der Waals surface area contributed by atoms with Gasteiger partial charge in [0, 0.05) is 7.11 Å². The van der Waals surface area contributed by atoms with Gasteiger partial charge in [0.25, 0.3) is 11.5 Å². The summed E-state index contributed by atoms with van der Waals surface area (Å²) >= 11 is 4.53. The van der Waals surface area contributed by atoms with Crippen molar-refractivity contribution in [3.8, 4) is 0 Å². The Hall–Kier alpha value is -1.29. The molecule has 0 bridgehead atoms. The highest BCUT2D eigenvalue weighted by atomic mass is 32.5. The average molecular weight is 488 g/mol. The summed E-state index contributed by atoms with van der Waals surface area (Å²) in [4.78, 5) is 46.0. The smallest absolute Gasteiger partial charge is 0.387 e. The Morgan fingerprint density at radius 2 is 2.13 bits per heavy atom. The third kappa shape index (κ3) is 4.79. The SMILES string of the molecule is CO[C@@H]1[C@H](O)[C@@H](COP(O)(=S)OP(=O)(O)O)O[C@H]1[n+]1cn(C)c2c(=O)[nH]c(N)nc21. The number of nitrogen functional groups attached to an aromatic ring is 1. The first-order valence-electron chi connectivity index (χ1n) is 8.19. The number of rotatable bonds is 7. The van der Waals surface area contributed by atoms with Crippen LogP contribution in [0.15, 0.2) is 11.1 Å². The summed E-state index contributed by atoms with van der Waals surface area (Å²) in [7, 11) is -2.17. The number of nitrogens with zero attached hydrogens (tertiary/aromatic N) is 3. The molecule has 1 aliphatic rings. The van der Waals surface area contributed by atoms with Crippen LogP contribution in [0.3, 0.4) is 0 Å². The molecule has 30 heavy (non-hydrogen) atoms. The minimum atomic E-state index is -5.09. The van der Waals surface area contributed by atoms with Crippen LogP contribution in [0.1, 0.15) is 6.23 Å². The first-order chi connectivity index (χ1) is 13.8. The molecule has 3 heterocycles. The predicted octanol–water partition coefficient (Wildman–Crippen LogP) is -2.25. The number of aliphatic hydroxyl groups excluding tert-OH is 1. The molecule has 5 atom stereocenters. The van der Waals surface area contributed by atoms with Gasteiger partial charge in [-0.05, 0) is 11.8 Å². The number of aromatic nitrogens is 4. The molecular formula is C12H20N5O10P2S+. The Morgan fingerprint density at radius 1 is 1.47 bits per heavy atom. The maximum atomic E-state index is 12.2. The molecule has 0 radical (unpaired) electrons. The molecular weight excluding hydrogens is 468 g/mol. The lowest BCUT2D eigenvalue weighted by atomic mass is 10.1. The van der Waals surface area contributed by atoms with E-state index in [0.717, 1.165) is 0 Å². The van der Waals surface area contributed by atoms with Crippen molar-refractivity contribution in [2.24, 2.45) is 7.05 Å². The highest BCUT2D eigenvalue weighted by Crippen LogP contribution is 2.58. The molecule has 0 aliphatic carbocycles. The molecule has 0 aromatic carbocycles. The van der Waals surface area contributed by atoms with Crippen LogP contribution in [0.4, 0.5) is 5.95 Å². The maximum Gasteiger partial charge on any atom is 0.476 e. The summed E-state index contributed by atoms with van der Waals surface area (Å²) in [5.41, 5.74) is 5.50. The molecule has 0 spiro atoms. The van der Waals surface area contributed by atoms with Gasteiger partial charge >= 0.3 is 20.2 Å². The first kappa shape index (κ1) is 23.4. The van der Waals surface area contributed by atoms with Crippen LogP contribution >= 0.6 is 14.5 Å². The standard InChI is InChI=1S/C12H19N5O10P2S/c1-16-4-17(9-6(16)10(19)15-12(13)14-9)11-8(24-2)7(18)5(26-11)3-25-29(23,30)27-28(20,21)22/h4-5,7-8,11,18H,3H2,1-2H3,(H5-,13,14,15,19,20,21,22,23,30)/p+1/t5-,7-,8-,11-,29?/m1/s1.